The first-order valence-corrected chi connectivity index (χ1v) is 7.75. The van der Waals surface area contributed by atoms with Crippen LogP contribution in [-0.2, 0) is 0 Å². The van der Waals surface area contributed by atoms with Crippen molar-refractivity contribution in [2.75, 3.05) is 18.0 Å². The molecule has 112 valence electrons. The van der Waals surface area contributed by atoms with Gasteiger partial charge in [0.15, 0.2) is 0 Å². The van der Waals surface area contributed by atoms with Crippen molar-refractivity contribution in [2.45, 2.75) is 44.1 Å². The average molecular weight is 288 g/mol. The minimum atomic E-state index is -1.50. The number of β-amino-alcohol motifs (C(OH)–C–C–N with tert-alkyl or cyclic N) is 1. The van der Waals surface area contributed by atoms with Crippen LogP contribution in [0.2, 0.25) is 0 Å². The highest BCUT2D eigenvalue weighted by Gasteiger charge is 2.61. The van der Waals surface area contributed by atoms with E-state index in [0.29, 0.717) is 17.9 Å². The summed E-state index contributed by atoms with van der Waals surface area (Å²) in [6.45, 7) is 3.36. The minimum Gasteiger partial charge on any atom is -0.423 e. The minimum absolute atomic E-state index is 0.0294. The normalized spacial score (nSPS) is 30.0. The molecule has 1 saturated heterocycles. The van der Waals surface area contributed by atoms with Gasteiger partial charge >= 0.3 is 7.12 Å². The highest BCUT2D eigenvalue weighted by molar-refractivity contribution is 6.58. The molecule has 2 saturated carbocycles. The molecule has 5 nitrogen and oxygen atoms in total. The zero-order chi connectivity index (χ0) is 14.8. The lowest BCUT2D eigenvalue weighted by molar-refractivity contribution is 0.0244. The molecule has 1 atom stereocenters. The molecule has 1 aromatic rings. The van der Waals surface area contributed by atoms with Crippen molar-refractivity contribution in [3.63, 3.8) is 0 Å². The standard InChI is InChI=1S/C15H21BN2O3/c1-14(19)8-18(9-15(14)4-5-15)12-6-11(16(20)21)7-17-13(12)10-2-3-10/h6-7,10,19-21H,2-5,8-9H2,1H3. The first-order valence-electron chi connectivity index (χ1n) is 7.75. The Labute approximate surface area is 124 Å². The fourth-order valence-electron chi connectivity index (χ4n) is 3.69. The molecule has 4 rings (SSSR count). The zero-order valence-corrected chi connectivity index (χ0v) is 12.3. The predicted octanol–water partition coefficient (Wildman–Crippen LogP) is -0.0100. The van der Waals surface area contributed by atoms with Crippen molar-refractivity contribution < 1.29 is 15.2 Å². The van der Waals surface area contributed by atoms with Gasteiger partial charge in [-0.25, -0.2) is 0 Å². The first kappa shape index (κ1) is 13.6. The van der Waals surface area contributed by atoms with Crippen molar-refractivity contribution in [3.8, 4) is 0 Å². The topological polar surface area (TPSA) is 76.8 Å². The largest absolute Gasteiger partial charge is 0.490 e. The molecular weight excluding hydrogens is 267 g/mol. The van der Waals surface area contributed by atoms with Crippen LogP contribution in [0.1, 0.15) is 44.2 Å². The number of hydrogen-bond donors (Lipinski definition) is 3. The molecule has 0 aromatic carbocycles. The highest BCUT2D eigenvalue weighted by Crippen LogP contribution is 2.59. The lowest BCUT2D eigenvalue weighted by Gasteiger charge is -2.24. The van der Waals surface area contributed by atoms with Crippen LogP contribution in [0.25, 0.3) is 0 Å². The lowest BCUT2D eigenvalue weighted by Crippen LogP contribution is -2.36. The van der Waals surface area contributed by atoms with E-state index >= 15 is 0 Å². The van der Waals surface area contributed by atoms with Gasteiger partial charge in [0, 0.05) is 36.1 Å². The first-order chi connectivity index (χ1) is 9.92. The summed E-state index contributed by atoms with van der Waals surface area (Å²) in [5, 5.41) is 29.5. The Hall–Kier alpha value is -1.11. The number of pyridine rings is 1. The molecule has 1 aromatic heterocycles. The molecule has 3 aliphatic rings. The second-order valence-electron chi connectivity index (χ2n) is 7.23. The van der Waals surface area contributed by atoms with Crippen LogP contribution < -0.4 is 10.4 Å². The Kier molecular flexibility index (Phi) is 2.72. The van der Waals surface area contributed by atoms with E-state index in [2.05, 4.69) is 9.88 Å². The molecule has 3 N–H and O–H groups in total. The van der Waals surface area contributed by atoms with Crippen molar-refractivity contribution in [2.24, 2.45) is 5.41 Å². The Morgan fingerprint density at radius 1 is 1.29 bits per heavy atom. The van der Waals surface area contributed by atoms with Crippen LogP contribution in [0.5, 0.6) is 0 Å². The summed E-state index contributed by atoms with van der Waals surface area (Å²) in [5.41, 5.74) is 1.81. The number of hydrogen-bond acceptors (Lipinski definition) is 5. The quantitative estimate of drug-likeness (QED) is 0.682. The predicted molar refractivity (Wildman–Crippen MR) is 80.5 cm³/mol. The van der Waals surface area contributed by atoms with Gasteiger partial charge in [-0.15, -0.1) is 0 Å². The molecule has 3 fully saturated rings. The molecule has 21 heavy (non-hydrogen) atoms. The fourth-order valence-corrected chi connectivity index (χ4v) is 3.69. The van der Waals surface area contributed by atoms with Crippen molar-refractivity contribution in [3.05, 3.63) is 18.0 Å². The molecule has 2 heterocycles. The van der Waals surface area contributed by atoms with Crippen LogP contribution in [-0.4, -0.2) is 45.9 Å². The van der Waals surface area contributed by atoms with Gasteiger partial charge in [0.05, 0.1) is 17.0 Å². The van der Waals surface area contributed by atoms with E-state index in [1.807, 2.05) is 13.0 Å². The Balaban J connectivity index is 1.72. The van der Waals surface area contributed by atoms with Gasteiger partial charge in [0.1, 0.15) is 0 Å². The second-order valence-corrected chi connectivity index (χ2v) is 7.23. The summed E-state index contributed by atoms with van der Waals surface area (Å²) in [6, 6.07) is 1.84. The van der Waals surface area contributed by atoms with E-state index in [-0.39, 0.29) is 5.41 Å². The van der Waals surface area contributed by atoms with Gasteiger partial charge in [-0.2, -0.15) is 0 Å². The van der Waals surface area contributed by atoms with Gasteiger partial charge < -0.3 is 20.1 Å². The maximum atomic E-state index is 10.7. The van der Waals surface area contributed by atoms with Gasteiger partial charge in [0.2, 0.25) is 0 Å². The van der Waals surface area contributed by atoms with Gasteiger partial charge in [-0.05, 0) is 38.7 Å². The van der Waals surface area contributed by atoms with Crippen LogP contribution in [0.15, 0.2) is 12.3 Å². The zero-order valence-electron chi connectivity index (χ0n) is 12.3. The van der Waals surface area contributed by atoms with Crippen LogP contribution >= 0.6 is 0 Å². The molecule has 0 radical (unpaired) electrons. The van der Waals surface area contributed by atoms with Crippen molar-refractivity contribution >= 4 is 18.3 Å². The third kappa shape index (κ3) is 2.08. The molecule has 2 aliphatic carbocycles. The van der Waals surface area contributed by atoms with Crippen LogP contribution in [0.4, 0.5) is 5.69 Å². The van der Waals surface area contributed by atoms with Gasteiger partial charge in [-0.1, -0.05) is 0 Å². The second kappa shape index (κ2) is 4.21. The lowest BCUT2D eigenvalue weighted by atomic mass is 9.81. The van der Waals surface area contributed by atoms with Crippen LogP contribution in [0, 0.1) is 5.41 Å². The number of anilines is 1. The molecule has 6 heteroatoms. The monoisotopic (exact) mass is 288 g/mol. The summed E-state index contributed by atoms with van der Waals surface area (Å²) < 4.78 is 0. The highest BCUT2D eigenvalue weighted by atomic mass is 16.4. The molecular formula is C15H21BN2O3. The number of aromatic nitrogens is 1. The molecule has 1 unspecified atom stereocenters. The number of rotatable bonds is 3. The van der Waals surface area contributed by atoms with E-state index < -0.39 is 12.7 Å². The molecule has 1 aliphatic heterocycles. The van der Waals surface area contributed by atoms with E-state index in [0.717, 1.165) is 43.6 Å². The van der Waals surface area contributed by atoms with E-state index in [4.69, 9.17) is 0 Å². The Morgan fingerprint density at radius 3 is 2.52 bits per heavy atom. The SMILES string of the molecule is CC1(O)CN(c2cc(B(O)O)cnc2C2CC2)CC12CC2. The number of nitrogens with zero attached hydrogens (tertiary/aromatic N) is 2. The molecule has 0 bridgehead atoms. The summed E-state index contributed by atoms with van der Waals surface area (Å²) in [6.07, 6.45) is 6.01. The summed E-state index contributed by atoms with van der Waals surface area (Å²) in [5.74, 6) is 0.491. The van der Waals surface area contributed by atoms with E-state index in [1.165, 1.54) is 0 Å². The van der Waals surface area contributed by atoms with Gasteiger partial charge in [0.25, 0.3) is 0 Å². The van der Waals surface area contributed by atoms with Crippen molar-refractivity contribution in [1.82, 2.24) is 4.98 Å². The maximum absolute atomic E-state index is 10.7. The Morgan fingerprint density at radius 2 is 2.00 bits per heavy atom. The molecule has 0 amide bonds. The number of aliphatic hydroxyl groups is 1. The summed E-state index contributed by atoms with van der Waals surface area (Å²) in [4.78, 5) is 6.67. The third-order valence-corrected chi connectivity index (χ3v) is 5.51. The molecule has 1 spiro atoms. The smallest absolute Gasteiger partial charge is 0.423 e. The van der Waals surface area contributed by atoms with E-state index in [9.17, 15) is 15.2 Å². The Bertz CT molecular complexity index is 576. The fraction of sp³-hybridized carbons (Fsp3) is 0.667. The summed E-state index contributed by atoms with van der Waals surface area (Å²) in [7, 11) is -1.50. The van der Waals surface area contributed by atoms with Crippen LogP contribution in [0.3, 0.4) is 0 Å². The third-order valence-electron chi connectivity index (χ3n) is 5.51. The summed E-state index contributed by atoms with van der Waals surface area (Å²) >= 11 is 0. The van der Waals surface area contributed by atoms with Crippen molar-refractivity contribution in [1.29, 1.82) is 0 Å². The van der Waals surface area contributed by atoms with E-state index in [1.54, 1.807) is 6.20 Å². The average Bonchev–Trinajstić information content (AvgIpc) is 3.30. The van der Waals surface area contributed by atoms with Gasteiger partial charge in [-0.3, -0.25) is 4.98 Å². The maximum Gasteiger partial charge on any atom is 0.490 e.